The highest BCUT2D eigenvalue weighted by molar-refractivity contribution is 5.74. The number of hydrogen-bond donors (Lipinski definition) is 3. The second-order valence-corrected chi connectivity index (χ2v) is 7.13. The van der Waals surface area contributed by atoms with Crippen molar-refractivity contribution in [3.8, 4) is 5.75 Å². The second kappa shape index (κ2) is 9.27. The van der Waals surface area contributed by atoms with Crippen LogP contribution in [0.2, 0.25) is 0 Å². The maximum atomic E-state index is 13.4. The third-order valence-electron chi connectivity index (χ3n) is 4.76. The molecule has 0 amide bonds. The maximum Gasteiger partial charge on any atom is 0.402 e. The van der Waals surface area contributed by atoms with E-state index in [0.29, 0.717) is 11.1 Å². The van der Waals surface area contributed by atoms with Crippen LogP contribution >= 0.6 is 0 Å². The number of ether oxygens (including phenoxy) is 2. The Morgan fingerprint density at radius 1 is 1.41 bits per heavy atom. The van der Waals surface area contributed by atoms with E-state index in [9.17, 15) is 27.5 Å². The lowest BCUT2D eigenvalue weighted by Crippen LogP contribution is -2.40. The smallest absolute Gasteiger partial charge is 0.402 e. The fourth-order valence-corrected chi connectivity index (χ4v) is 3.10. The number of rotatable bonds is 9. The minimum absolute atomic E-state index is 0.0363. The summed E-state index contributed by atoms with van der Waals surface area (Å²) in [7, 11) is 0. The Bertz CT molecular complexity index is 1050. The Kier molecular flexibility index (Phi) is 6.86. The van der Waals surface area contributed by atoms with Gasteiger partial charge in [-0.15, -0.1) is 0 Å². The summed E-state index contributed by atoms with van der Waals surface area (Å²) in [6.07, 6.45) is -10.6. The number of aliphatic hydroxyl groups is 2. The number of halogens is 4. The molecule has 0 saturated carbocycles. The van der Waals surface area contributed by atoms with Gasteiger partial charge in [-0.1, -0.05) is 18.7 Å². The average molecular weight is 459 g/mol. The molecule has 3 N–H and O–H groups in total. The van der Waals surface area contributed by atoms with Crippen molar-refractivity contribution in [2.45, 2.75) is 44.3 Å². The molecule has 1 aromatic heterocycles. The number of benzene rings is 1. The van der Waals surface area contributed by atoms with Crippen LogP contribution in [-0.4, -0.2) is 51.1 Å². The number of aliphatic hydroxyl groups excluding tert-OH is 2. The zero-order valence-electron chi connectivity index (χ0n) is 16.8. The first-order valence-electron chi connectivity index (χ1n) is 9.48. The highest BCUT2D eigenvalue weighted by atomic mass is 19.3. The molecule has 1 aromatic carbocycles. The molecule has 0 saturated heterocycles. The van der Waals surface area contributed by atoms with Gasteiger partial charge in [-0.05, 0) is 19.1 Å². The summed E-state index contributed by atoms with van der Waals surface area (Å²) >= 11 is 0. The van der Waals surface area contributed by atoms with Crippen molar-refractivity contribution in [1.82, 2.24) is 9.55 Å². The van der Waals surface area contributed by atoms with E-state index in [1.807, 2.05) is 0 Å². The van der Waals surface area contributed by atoms with E-state index in [2.05, 4.69) is 21.6 Å². The van der Waals surface area contributed by atoms with Crippen molar-refractivity contribution < 1.29 is 37.2 Å². The number of alkyl halides is 4. The first-order chi connectivity index (χ1) is 15.0. The number of anilines is 1. The highest BCUT2D eigenvalue weighted by Gasteiger charge is 2.39. The van der Waals surface area contributed by atoms with Crippen LogP contribution in [0.3, 0.4) is 0 Å². The van der Waals surface area contributed by atoms with Crippen molar-refractivity contribution >= 4 is 11.5 Å². The molecule has 0 radical (unpaired) electrons. The molecule has 0 spiro atoms. The van der Waals surface area contributed by atoms with Gasteiger partial charge >= 0.3 is 11.8 Å². The second-order valence-electron chi connectivity index (χ2n) is 7.13. The van der Waals surface area contributed by atoms with Gasteiger partial charge in [0.15, 0.2) is 0 Å². The summed E-state index contributed by atoms with van der Waals surface area (Å²) in [5, 5.41) is 21.3. The SMILES string of the molecule is C=C(Nc1ccn(C(C)OC(CO)C(O)C(F)F)c(=O)n1)c1ccc2c(c1)OC(F)(F)C2. The molecule has 0 aliphatic carbocycles. The van der Waals surface area contributed by atoms with Gasteiger partial charge < -0.3 is 25.0 Å². The molecular formula is C20H21F4N3O5. The molecule has 174 valence electrons. The number of hydrogen-bond acceptors (Lipinski definition) is 7. The van der Waals surface area contributed by atoms with E-state index in [4.69, 9.17) is 9.84 Å². The fraction of sp³-hybridized carbons (Fsp3) is 0.400. The lowest BCUT2D eigenvalue weighted by Gasteiger charge is -2.25. The maximum absolute atomic E-state index is 13.4. The minimum atomic E-state index is -3.26. The Hall–Kier alpha value is -2.96. The normalized spacial score (nSPS) is 17.4. The predicted molar refractivity (Wildman–Crippen MR) is 106 cm³/mol. The summed E-state index contributed by atoms with van der Waals surface area (Å²) in [5.74, 6) is 0.121. The number of nitrogens with zero attached hydrogens (tertiary/aromatic N) is 2. The molecule has 2 aromatic rings. The van der Waals surface area contributed by atoms with E-state index in [1.165, 1.54) is 31.3 Å². The molecule has 32 heavy (non-hydrogen) atoms. The van der Waals surface area contributed by atoms with Crippen molar-refractivity contribution in [3.05, 3.63) is 58.7 Å². The van der Waals surface area contributed by atoms with Gasteiger partial charge in [0.25, 0.3) is 6.43 Å². The van der Waals surface area contributed by atoms with E-state index in [-0.39, 0.29) is 17.3 Å². The van der Waals surface area contributed by atoms with Gasteiger partial charge in [0.05, 0.1) is 13.0 Å². The van der Waals surface area contributed by atoms with Crippen molar-refractivity contribution in [2.75, 3.05) is 11.9 Å². The Morgan fingerprint density at radius 3 is 2.75 bits per heavy atom. The third kappa shape index (κ3) is 5.26. The first-order valence-corrected chi connectivity index (χ1v) is 9.48. The molecule has 12 heteroatoms. The molecule has 2 heterocycles. The van der Waals surface area contributed by atoms with Gasteiger partial charge in [-0.2, -0.15) is 13.8 Å². The molecule has 1 aliphatic rings. The first kappa shape index (κ1) is 23.7. The highest BCUT2D eigenvalue weighted by Crippen LogP contribution is 2.38. The summed E-state index contributed by atoms with van der Waals surface area (Å²) in [6, 6.07) is 5.84. The topological polar surface area (TPSA) is 106 Å². The van der Waals surface area contributed by atoms with Crippen molar-refractivity contribution in [2.24, 2.45) is 0 Å². The Balaban J connectivity index is 1.69. The summed E-state index contributed by atoms with van der Waals surface area (Å²) < 4.78 is 62.8. The quantitative estimate of drug-likeness (QED) is 0.495. The van der Waals surface area contributed by atoms with Crippen LogP contribution in [0.25, 0.3) is 5.70 Å². The average Bonchev–Trinajstić information content (AvgIpc) is 3.04. The number of nitrogens with one attached hydrogen (secondary N) is 1. The zero-order valence-corrected chi connectivity index (χ0v) is 16.8. The van der Waals surface area contributed by atoms with Crippen LogP contribution in [0.15, 0.2) is 41.8 Å². The molecule has 3 rings (SSSR count). The third-order valence-corrected chi connectivity index (χ3v) is 4.76. The van der Waals surface area contributed by atoms with Gasteiger partial charge in [0, 0.05) is 23.0 Å². The van der Waals surface area contributed by atoms with E-state index in [1.54, 1.807) is 6.07 Å². The monoisotopic (exact) mass is 459 g/mol. The lowest BCUT2D eigenvalue weighted by molar-refractivity contribution is -0.159. The zero-order chi connectivity index (χ0) is 23.6. The molecule has 8 nitrogen and oxygen atoms in total. The largest absolute Gasteiger partial charge is 0.432 e. The lowest BCUT2D eigenvalue weighted by atomic mass is 10.1. The van der Waals surface area contributed by atoms with Crippen molar-refractivity contribution in [1.29, 1.82) is 0 Å². The van der Waals surface area contributed by atoms with Gasteiger partial charge in [-0.3, -0.25) is 4.57 Å². The molecular weight excluding hydrogens is 438 g/mol. The summed E-state index contributed by atoms with van der Waals surface area (Å²) in [6.45, 7) is 4.28. The van der Waals surface area contributed by atoms with Gasteiger partial charge in [-0.25, -0.2) is 13.6 Å². The van der Waals surface area contributed by atoms with E-state index in [0.717, 1.165) is 4.57 Å². The Labute approximate surface area is 179 Å². The molecule has 3 unspecified atom stereocenters. The fourth-order valence-electron chi connectivity index (χ4n) is 3.10. The Morgan fingerprint density at radius 2 is 2.12 bits per heavy atom. The van der Waals surface area contributed by atoms with Gasteiger partial charge in [0.1, 0.15) is 30.0 Å². The van der Waals surface area contributed by atoms with Crippen LogP contribution in [0.1, 0.15) is 24.3 Å². The van der Waals surface area contributed by atoms with Crippen LogP contribution in [-0.2, 0) is 11.2 Å². The van der Waals surface area contributed by atoms with Crippen LogP contribution in [0.5, 0.6) is 5.75 Å². The molecule has 0 bridgehead atoms. The van der Waals surface area contributed by atoms with E-state index < -0.39 is 49.7 Å². The minimum Gasteiger partial charge on any atom is -0.432 e. The van der Waals surface area contributed by atoms with Crippen LogP contribution in [0.4, 0.5) is 23.4 Å². The molecule has 0 fully saturated rings. The number of fused-ring (bicyclic) bond motifs is 1. The summed E-state index contributed by atoms with van der Waals surface area (Å²) in [5.41, 5.74) is 0.256. The van der Waals surface area contributed by atoms with Crippen LogP contribution in [0, 0.1) is 0 Å². The van der Waals surface area contributed by atoms with Crippen LogP contribution < -0.4 is 15.7 Å². The van der Waals surface area contributed by atoms with Crippen molar-refractivity contribution in [3.63, 3.8) is 0 Å². The molecule has 3 atom stereocenters. The van der Waals surface area contributed by atoms with E-state index >= 15 is 0 Å². The van der Waals surface area contributed by atoms with Gasteiger partial charge in [0.2, 0.25) is 0 Å². The predicted octanol–water partition coefficient (Wildman–Crippen LogP) is 2.38. The summed E-state index contributed by atoms with van der Waals surface area (Å²) in [4.78, 5) is 16.1. The number of aromatic nitrogens is 2. The standard InChI is InChI=1S/C20H21F4N3O5/c1-10(12-3-4-13-8-20(23,24)32-14(13)7-12)25-16-5-6-27(19(30)26-16)11(2)31-15(9-28)17(29)18(21)22/h3-7,11,15,17-18,28-29H,1,8-9H2,2H3,(H,25,26,30). The molecule has 1 aliphatic heterocycles.